The van der Waals surface area contributed by atoms with Gasteiger partial charge in [0.2, 0.25) is 0 Å². The van der Waals surface area contributed by atoms with Crippen molar-refractivity contribution in [2.24, 2.45) is 4.99 Å². The van der Waals surface area contributed by atoms with Gasteiger partial charge in [-0.15, -0.1) is 0 Å². The summed E-state index contributed by atoms with van der Waals surface area (Å²) in [6, 6.07) is 10.7. The van der Waals surface area contributed by atoms with Crippen LogP contribution in [0.2, 0.25) is 0 Å². The van der Waals surface area contributed by atoms with E-state index in [1.165, 1.54) is 24.3 Å². The molecule has 0 saturated heterocycles. The molecule has 0 aliphatic heterocycles. The van der Waals surface area contributed by atoms with Crippen molar-refractivity contribution in [3.8, 4) is 11.1 Å². The summed E-state index contributed by atoms with van der Waals surface area (Å²) in [5.74, 6) is -1.01. The fourth-order valence-corrected chi connectivity index (χ4v) is 2.30. The topological polar surface area (TPSA) is 62.0 Å². The third kappa shape index (κ3) is 3.98. The third-order valence-corrected chi connectivity index (χ3v) is 3.56. The summed E-state index contributed by atoms with van der Waals surface area (Å²) in [4.78, 5) is 12.0. The number of nitrogens with one attached hydrogen (secondary N) is 1. The largest absolute Gasteiger partial charge is 0.281 e. The van der Waals surface area contributed by atoms with Crippen LogP contribution in [-0.2, 0) is 0 Å². The van der Waals surface area contributed by atoms with Crippen LogP contribution >= 0.6 is 0 Å². The second-order valence-electron chi connectivity index (χ2n) is 5.38. The van der Waals surface area contributed by atoms with Crippen LogP contribution in [0.5, 0.6) is 0 Å². The number of pyridine rings is 2. The normalized spacial score (nSPS) is 11.4. The first-order valence-electron chi connectivity index (χ1n) is 7.50. The van der Waals surface area contributed by atoms with Gasteiger partial charge in [-0.3, -0.25) is 10.4 Å². The van der Waals surface area contributed by atoms with Gasteiger partial charge in [-0.05, 0) is 54.4 Å². The van der Waals surface area contributed by atoms with E-state index in [0.29, 0.717) is 16.8 Å². The molecule has 3 aromatic rings. The molecule has 1 aromatic carbocycles. The molecule has 2 aromatic heterocycles. The van der Waals surface area contributed by atoms with Crippen LogP contribution in [0.4, 0.5) is 8.78 Å². The molecule has 0 saturated carbocycles. The van der Waals surface area contributed by atoms with Crippen LogP contribution in [0.15, 0.2) is 66.0 Å². The molecule has 0 aliphatic rings. The molecule has 0 aliphatic carbocycles. The van der Waals surface area contributed by atoms with E-state index in [4.69, 9.17) is 5.41 Å². The minimum absolute atomic E-state index is 0.121. The number of benzene rings is 1. The molecule has 0 atom stereocenters. The van der Waals surface area contributed by atoms with E-state index >= 15 is 0 Å². The van der Waals surface area contributed by atoms with Gasteiger partial charge in [0.25, 0.3) is 0 Å². The first-order chi connectivity index (χ1) is 12.0. The molecule has 124 valence electrons. The van der Waals surface area contributed by atoms with E-state index in [2.05, 4.69) is 15.0 Å². The first-order valence-corrected chi connectivity index (χ1v) is 7.50. The number of rotatable bonds is 3. The molecule has 1 N–H and O–H groups in total. The maximum absolute atomic E-state index is 14.0. The van der Waals surface area contributed by atoms with Crippen molar-refractivity contribution in [3.05, 3.63) is 83.9 Å². The van der Waals surface area contributed by atoms with E-state index < -0.39 is 11.6 Å². The van der Waals surface area contributed by atoms with Crippen LogP contribution < -0.4 is 0 Å². The summed E-state index contributed by atoms with van der Waals surface area (Å²) in [6.07, 6.45) is 4.32. The second-order valence-corrected chi connectivity index (χ2v) is 5.38. The Kier molecular flexibility index (Phi) is 4.70. The zero-order chi connectivity index (χ0) is 17.8. The summed E-state index contributed by atoms with van der Waals surface area (Å²) in [7, 11) is 0. The molecule has 3 rings (SSSR count). The number of aromatic nitrogens is 2. The third-order valence-electron chi connectivity index (χ3n) is 3.56. The minimum Gasteiger partial charge on any atom is -0.281 e. The quantitative estimate of drug-likeness (QED) is 0.574. The average Bonchev–Trinajstić information content (AvgIpc) is 2.62. The van der Waals surface area contributed by atoms with Crippen molar-refractivity contribution in [3.63, 3.8) is 0 Å². The van der Waals surface area contributed by atoms with Gasteiger partial charge in [-0.25, -0.2) is 18.8 Å². The van der Waals surface area contributed by atoms with Gasteiger partial charge >= 0.3 is 0 Å². The summed E-state index contributed by atoms with van der Waals surface area (Å²) >= 11 is 0. The average molecular weight is 336 g/mol. The zero-order valence-electron chi connectivity index (χ0n) is 13.4. The molecule has 0 bridgehead atoms. The molecule has 6 heteroatoms. The van der Waals surface area contributed by atoms with Gasteiger partial charge in [0.1, 0.15) is 17.3 Å². The number of nitrogens with zero attached hydrogens (tertiary/aromatic N) is 3. The summed E-state index contributed by atoms with van der Waals surface area (Å²) in [5, 5.41) is 7.98. The van der Waals surface area contributed by atoms with Gasteiger partial charge in [-0.1, -0.05) is 6.07 Å². The van der Waals surface area contributed by atoms with Crippen molar-refractivity contribution in [1.29, 1.82) is 5.41 Å². The lowest BCUT2D eigenvalue weighted by molar-refractivity contribution is 0.621. The highest BCUT2D eigenvalue weighted by Gasteiger charge is 2.08. The molecule has 0 fully saturated rings. The fourth-order valence-electron chi connectivity index (χ4n) is 2.30. The fraction of sp³-hybridized carbons (Fsp3) is 0.0526. The lowest BCUT2D eigenvalue weighted by Crippen LogP contribution is -2.05. The van der Waals surface area contributed by atoms with Crippen LogP contribution in [0.1, 0.15) is 18.2 Å². The minimum atomic E-state index is -0.483. The molecule has 4 nitrogen and oxygen atoms in total. The zero-order valence-corrected chi connectivity index (χ0v) is 13.4. The maximum Gasteiger partial charge on any atom is 0.170 e. The molecular formula is C19H14F2N4. The first kappa shape index (κ1) is 16.6. The van der Waals surface area contributed by atoms with Gasteiger partial charge in [0, 0.05) is 23.7 Å². The highest BCUT2D eigenvalue weighted by atomic mass is 19.1. The van der Waals surface area contributed by atoms with Crippen LogP contribution in [0.3, 0.4) is 0 Å². The number of aliphatic imine (C=N–C) groups is 1. The van der Waals surface area contributed by atoms with Crippen molar-refractivity contribution in [2.75, 3.05) is 0 Å². The number of halogens is 2. The molecule has 0 amide bonds. The second kappa shape index (κ2) is 7.09. The smallest absolute Gasteiger partial charge is 0.170 e. The highest BCUT2D eigenvalue weighted by molar-refractivity contribution is 6.10. The molecule has 2 heterocycles. The van der Waals surface area contributed by atoms with Crippen molar-refractivity contribution >= 4 is 11.5 Å². The van der Waals surface area contributed by atoms with Crippen molar-refractivity contribution < 1.29 is 8.78 Å². The molecule has 0 radical (unpaired) electrons. The van der Waals surface area contributed by atoms with Gasteiger partial charge in [0.15, 0.2) is 5.84 Å². The Morgan fingerprint density at radius 2 is 1.84 bits per heavy atom. The number of hydrogen-bond donors (Lipinski definition) is 1. The monoisotopic (exact) mass is 336 g/mol. The van der Waals surface area contributed by atoms with Gasteiger partial charge in [-0.2, -0.15) is 0 Å². The van der Waals surface area contributed by atoms with E-state index in [0.717, 1.165) is 11.8 Å². The Labute approximate surface area is 143 Å². The van der Waals surface area contributed by atoms with Crippen LogP contribution in [-0.4, -0.2) is 21.5 Å². The summed E-state index contributed by atoms with van der Waals surface area (Å²) in [5.41, 5.74) is 2.70. The van der Waals surface area contributed by atoms with Gasteiger partial charge < -0.3 is 0 Å². The van der Waals surface area contributed by atoms with Crippen LogP contribution in [0, 0.1) is 17.0 Å². The summed E-state index contributed by atoms with van der Waals surface area (Å²) < 4.78 is 26.9. The Balaban J connectivity index is 1.94. The van der Waals surface area contributed by atoms with Crippen molar-refractivity contribution in [1.82, 2.24) is 9.97 Å². The predicted molar refractivity (Wildman–Crippen MR) is 92.9 cm³/mol. The number of hydrogen-bond acceptors (Lipinski definition) is 3. The lowest BCUT2D eigenvalue weighted by atomic mass is 10.0. The SMILES string of the molecule is CC(=NC(=N)c1ccc(F)cn1)c1cc(F)cc(-c2cccnc2)c1. The lowest BCUT2D eigenvalue weighted by Gasteiger charge is -2.07. The van der Waals surface area contributed by atoms with Gasteiger partial charge in [0.05, 0.1) is 6.20 Å². The maximum atomic E-state index is 14.0. The summed E-state index contributed by atoms with van der Waals surface area (Å²) in [6.45, 7) is 1.68. The van der Waals surface area contributed by atoms with E-state index in [9.17, 15) is 8.78 Å². The van der Waals surface area contributed by atoms with Crippen molar-refractivity contribution in [2.45, 2.75) is 6.92 Å². The number of amidine groups is 1. The molecular weight excluding hydrogens is 322 g/mol. The molecule has 25 heavy (non-hydrogen) atoms. The Hall–Kier alpha value is -3.28. The van der Waals surface area contributed by atoms with E-state index in [1.807, 2.05) is 6.07 Å². The highest BCUT2D eigenvalue weighted by Crippen LogP contribution is 2.21. The Morgan fingerprint density at radius 1 is 1.00 bits per heavy atom. The predicted octanol–water partition coefficient (Wildman–Crippen LogP) is 4.26. The Bertz CT molecular complexity index is 935. The van der Waals surface area contributed by atoms with Crippen LogP contribution in [0.25, 0.3) is 11.1 Å². The van der Waals surface area contributed by atoms with E-state index in [1.54, 1.807) is 31.5 Å². The molecule has 0 unspecified atom stereocenters. The standard InChI is InChI=1S/C19H14F2N4/c1-12(25-19(22)18-5-4-16(20)11-24-18)14-7-15(9-17(21)8-14)13-3-2-6-23-10-13/h2-11,22H,1H3. The molecule has 0 spiro atoms. The Morgan fingerprint density at radius 3 is 2.52 bits per heavy atom. The van der Waals surface area contributed by atoms with E-state index in [-0.39, 0.29) is 11.5 Å².